The van der Waals surface area contributed by atoms with E-state index in [2.05, 4.69) is 0 Å². The third kappa shape index (κ3) is 4.36. The average Bonchev–Trinajstić information content (AvgIpc) is 2.85. The second kappa shape index (κ2) is 9.17. The van der Waals surface area contributed by atoms with Crippen LogP contribution in [0.2, 0.25) is 0 Å². The summed E-state index contributed by atoms with van der Waals surface area (Å²) in [5.41, 5.74) is 4.17. The molecule has 1 aliphatic heterocycles. The van der Waals surface area contributed by atoms with Gasteiger partial charge in [0.2, 0.25) is 11.4 Å². The first-order chi connectivity index (χ1) is 16.0. The number of hydrogen-bond donors (Lipinski definition) is 0. The van der Waals surface area contributed by atoms with Gasteiger partial charge in [0.1, 0.15) is 17.0 Å². The van der Waals surface area contributed by atoms with Gasteiger partial charge in [-0.3, -0.25) is 4.79 Å². The van der Waals surface area contributed by atoms with Gasteiger partial charge in [-0.05, 0) is 44.2 Å². The van der Waals surface area contributed by atoms with Gasteiger partial charge in [-0.15, -0.1) is 0 Å². The molecule has 5 rings (SSSR count). The van der Waals surface area contributed by atoms with Gasteiger partial charge in [0.05, 0.1) is 18.9 Å². The normalized spacial score (nSPS) is 21.9. The molecule has 8 nitrogen and oxygen atoms in total. The average molecular weight is 450 g/mol. The molecule has 0 N–H and O–H groups in total. The van der Waals surface area contributed by atoms with E-state index < -0.39 is 0 Å². The molecule has 2 fully saturated rings. The van der Waals surface area contributed by atoms with Crippen LogP contribution in [0.4, 0.5) is 0 Å². The molecule has 0 radical (unpaired) electrons. The Hall–Kier alpha value is -2.87. The van der Waals surface area contributed by atoms with E-state index in [1.807, 2.05) is 19.2 Å². The summed E-state index contributed by atoms with van der Waals surface area (Å²) in [4.78, 5) is 31.4. The molecular formula is C25H31N5O3. The molecule has 0 amide bonds. The molecule has 1 unspecified atom stereocenters. The van der Waals surface area contributed by atoms with E-state index >= 15 is 0 Å². The van der Waals surface area contributed by atoms with Gasteiger partial charge in [0, 0.05) is 37.8 Å². The molecule has 1 saturated carbocycles. The van der Waals surface area contributed by atoms with Gasteiger partial charge in [0.15, 0.2) is 5.65 Å². The van der Waals surface area contributed by atoms with E-state index in [0.717, 1.165) is 54.0 Å². The maximum Gasteiger partial charge on any atom is 0.250 e. The minimum Gasteiger partial charge on any atom is -0.480 e. The highest BCUT2D eigenvalue weighted by Crippen LogP contribution is 2.39. The summed E-state index contributed by atoms with van der Waals surface area (Å²) in [5, 5.41) is 0. The monoisotopic (exact) mass is 449 g/mol. The zero-order valence-electron chi connectivity index (χ0n) is 19.6. The van der Waals surface area contributed by atoms with Gasteiger partial charge in [-0.25, -0.2) is 19.9 Å². The largest absolute Gasteiger partial charge is 0.480 e. The number of ether oxygens (including phenoxy) is 2. The van der Waals surface area contributed by atoms with Crippen LogP contribution in [0.15, 0.2) is 23.1 Å². The maximum absolute atomic E-state index is 11.8. The summed E-state index contributed by atoms with van der Waals surface area (Å²) in [6, 6.07) is 3.47. The Morgan fingerprint density at radius 2 is 1.85 bits per heavy atom. The lowest BCUT2D eigenvalue weighted by atomic mass is 9.86. The number of hydrogen-bond acceptors (Lipinski definition) is 7. The van der Waals surface area contributed by atoms with Crippen molar-refractivity contribution in [2.24, 2.45) is 7.05 Å². The topological polar surface area (TPSA) is 92.0 Å². The van der Waals surface area contributed by atoms with E-state index in [9.17, 15) is 4.79 Å². The number of aromatic nitrogens is 5. The van der Waals surface area contributed by atoms with Crippen LogP contribution in [-0.4, -0.2) is 38.2 Å². The fourth-order valence-electron chi connectivity index (χ4n) is 5.16. The van der Waals surface area contributed by atoms with Crippen molar-refractivity contribution < 1.29 is 9.47 Å². The van der Waals surface area contributed by atoms with Gasteiger partial charge >= 0.3 is 0 Å². The van der Waals surface area contributed by atoms with Crippen molar-refractivity contribution >= 4 is 11.2 Å². The molecule has 0 spiro atoms. The standard InChI is InChI=1S/C25H31N5O3/c1-15-25(32-3)28-22-21(16-7-5-4-6-8-16)27-23(29-24(22)26-15)17-11-12-33-19(13-17)18-9-10-20(31)30(2)14-18/h9-10,14,16-17,19H,4-8,11-13H2,1-3H3/t17?,19-/m1/s1. The molecule has 3 aromatic rings. The highest BCUT2D eigenvalue weighted by atomic mass is 16.5. The van der Waals surface area contributed by atoms with E-state index in [-0.39, 0.29) is 17.6 Å². The molecule has 4 heterocycles. The number of rotatable bonds is 4. The van der Waals surface area contributed by atoms with Gasteiger partial charge in [-0.2, -0.15) is 0 Å². The quantitative estimate of drug-likeness (QED) is 0.592. The van der Waals surface area contributed by atoms with Gasteiger partial charge < -0.3 is 14.0 Å². The summed E-state index contributed by atoms with van der Waals surface area (Å²) in [6.45, 7) is 2.53. The van der Waals surface area contributed by atoms with Gasteiger partial charge in [-0.1, -0.05) is 19.3 Å². The molecular weight excluding hydrogens is 418 g/mol. The first-order valence-corrected chi connectivity index (χ1v) is 11.9. The highest BCUT2D eigenvalue weighted by molar-refractivity contribution is 5.74. The molecule has 33 heavy (non-hydrogen) atoms. The fourth-order valence-corrected chi connectivity index (χ4v) is 5.16. The van der Waals surface area contributed by atoms with E-state index in [0.29, 0.717) is 24.1 Å². The van der Waals surface area contributed by atoms with Crippen molar-refractivity contribution in [1.82, 2.24) is 24.5 Å². The zero-order chi connectivity index (χ0) is 22.9. The molecule has 0 bridgehead atoms. The molecule has 1 aliphatic carbocycles. The van der Waals surface area contributed by atoms with Crippen LogP contribution in [0.5, 0.6) is 5.88 Å². The highest BCUT2D eigenvalue weighted by Gasteiger charge is 2.30. The molecule has 8 heteroatoms. The zero-order valence-corrected chi connectivity index (χ0v) is 19.6. The minimum absolute atomic E-state index is 0.0227. The third-order valence-electron chi connectivity index (χ3n) is 7.02. The predicted octanol–water partition coefficient (Wildman–Crippen LogP) is 4.12. The second-order valence-electron chi connectivity index (χ2n) is 9.28. The number of nitrogens with zero attached hydrogens (tertiary/aromatic N) is 5. The molecule has 174 valence electrons. The number of pyridine rings is 1. The lowest BCUT2D eigenvalue weighted by molar-refractivity contribution is 0.00359. The van der Waals surface area contributed by atoms with Crippen LogP contribution >= 0.6 is 0 Å². The summed E-state index contributed by atoms with van der Waals surface area (Å²) in [6.07, 6.45) is 9.37. The number of aryl methyl sites for hydroxylation is 2. The van der Waals surface area contributed by atoms with Crippen molar-refractivity contribution in [3.8, 4) is 5.88 Å². The first-order valence-electron chi connectivity index (χ1n) is 11.9. The van der Waals surface area contributed by atoms with Crippen molar-refractivity contribution in [3.63, 3.8) is 0 Å². The van der Waals surface area contributed by atoms with Gasteiger partial charge in [0.25, 0.3) is 0 Å². The Kier molecular flexibility index (Phi) is 6.10. The van der Waals surface area contributed by atoms with Crippen LogP contribution in [0.1, 0.15) is 85.7 Å². The summed E-state index contributed by atoms with van der Waals surface area (Å²) in [7, 11) is 3.39. The molecule has 2 aliphatic rings. The Bertz CT molecular complexity index is 1220. The van der Waals surface area contributed by atoms with E-state index in [1.165, 1.54) is 19.3 Å². The Morgan fingerprint density at radius 3 is 2.61 bits per heavy atom. The Labute approximate surface area is 193 Å². The summed E-state index contributed by atoms with van der Waals surface area (Å²) >= 11 is 0. The first kappa shape index (κ1) is 21.9. The van der Waals surface area contributed by atoms with Crippen LogP contribution in [0.3, 0.4) is 0 Å². The van der Waals surface area contributed by atoms with Crippen LogP contribution in [0, 0.1) is 6.92 Å². The second-order valence-corrected chi connectivity index (χ2v) is 9.28. The molecule has 1 saturated heterocycles. The minimum atomic E-state index is -0.0864. The van der Waals surface area contributed by atoms with Crippen molar-refractivity contribution in [2.75, 3.05) is 13.7 Å². The Balaban J connectivity index is 1.54. The number of fused-ring (bicyclic) bond motifs is 1. The SMILES string of the molecule is COc1nc2c(C3CCCCC3)nc(C3CCO[C@@H](c4ccc(=O)n(C)c4)C3)nc2nc1C. The predicted molar refractivity (Wildman–Crippen MR) is 125 cm³/mol. The van der Waals surface area contributed by atoms with Crippen LogP contribution in [0.25, 0.3) is 11.2 Å². The number of methoxy groups -OCH3 is 1. The van der Waals surface area contributed by atoms with Crippen LogP contribution in [-0.2, 0) is 11.8 Å². The van der Waals surface area contributed by atoms with Crippen molar-refractivity contribution in [1.29, 1.82) is 0 Å². The fraction of sp³-hybridized carbons (Fsp3) is 0.560. The lowest BCUT2D eigenvalue weighted by Gasteiger charge is -2.30. The smallest absolute Gasteiger partial charge is 0.250 e. The van der Waals surface area contributed by atoms with Crippen molar-refractivity contribution in [3.05, 3.63) is 51.5 Å². The third-order valence-corrected chi connectivity index (χ3v) is 7.02. The molecule has 0 aromatic carbocycles. The summed E-state index contributed by atoms with van der Waals surface area (Å²) < 4.78 is 13.1. The lowest BCUT2D eigenvalue weighted by Crippen LogP contribution is -2.23. The summed E-state index contributed by atoms with van der Waals surface area (Å²) in [5.74, 6) is 1.91. The van der Waals surface area contributed by atoms with Crippen molar-refractivity contribution in [2.45, 2.75) is 69.8 Å². The Morgan fingerprint density at radius 1 is 1.03 bits per heavy atom. The van der Waals surface area contributed by atoms with E-state index in [4.69, 9.17) is 29.4 Å². The maximum atomic E-state index is 11.8. The van der Waals surface area contributed by atoms with Crippen LogP contribution < -0.4 is 10.3 Å². The molecule has 3 aromatic heterocycles. The molecule has 2 atom stereocenters. The van der Waals surface area contributed by atoms with E-state index in [1.54, 1.807) is 24.8 Å².